The van der Waals surface area contributed by atoms with Gasteiger partial charge in [-0.25, -0.2) is 9.78 Å². The highest BCUT2D eigenvalue weighted by molar-refractivity contribution is 7.12. The summed E-state index contributed by atoms with van der Waals surface area (Å²) in [5.41, 5.74) is -1.19. The Kier molecular flexibility index (Phi) is 5.86. The molecule has 0 aliphatic carbocycles. The number of imide groups is 1. The molecule has 1 saturated heterocycles. The molecule has 12 heteroatoms. The van der Waals surface area contributed by atoms with Gasteiger partial charge in [0.25, 0.3) is 11.8 Å². The van der Waals surface area contributed by atoms with Crippen molar-refractivity contribution in [2.24, 2.45) is 0 Å². The molecular formula is C22H18F3N5O3S. The smallest absolute Gasteiger partial charge is 0.349 e. The van der Waals surface area contributed by atoms with Gasteiger partial charge in [-0.3, -0.25) is 19.9 Å². The van der Waals surface area contributed by atoms with E-state index in [4.69, 9.17) is 0 Å². The van der Waals surface area contributed by atoms with Gasteiger partial charge in [0.2, 0.25) is 0 Å². The number of amides is 4. The van der Waals surface area contributed by atoms with Crippen molar-refractivity contribution in [1.29, 1.82) is 0 Å². The molecule has 0 bridgehead atoms. The van der Waals surface area contributed by atoms with E-state index in [1.807, 2.05) is 0 Å². The number of halogens is 3. The number of benzene rings is 1. The molecule has 34 heavy (non-hydrogen) atoms. The Balaban J connectivity index is 1.63. The summed E-state index contributed by atoms with van der Waals surface area (Å²) in [7, 11) is 0. The number of alkyl halides is 3. The zero-order valence-corrected chi connectivity index (χ0v) is 18.7. The molecule has 1 aromatic carbocycles. The maximum Gasteiger partial charge on any atom is 0.433 e. The fraction of sp³-hybridized carbons (Fsp3) is 0.227. The van der Waals surface area contributed by atoms with Crippen LogP contribution in [0.15, 0.2) is 42.6 Å². The molecule has 3 N–H and O–H groups in total. The Labute approximate surface area is 195 Å². The Bertz CT molecular complexity index is 1290. The number of hydrogen-bond donors (Lipinski definition) is 3. The van der Waals surface area contributed by atoms with Crippen LogP contribution in [0, 0.1) is 13.8 Å². The summed E-state index contributed by atoms with van der Waals surface area (Å²) in [5.74, 6) is -1.20. The lowest BCUT2D eigenvalue weighted by atomic mass is 9.95. The monoisotopic (exact) mass is 489 g/mol. The maximum absolute atomic E-state index is 13.1. The average Bonchev–Trinajstić information content (AvgIpc) is 3.28. The largest absolute Gasteiger partial charge is 0.433 e. The van der Waals surface area contributed by atoms with Gasteiger partial charge >= 0.3 is 12.2 Å². The summed E-state index contributed by atoms with van der Waals surface area (Å²) in [6, 6.07) is 7.70. The number of carbonyl (C=O) groups excluding carboxylic acids is 3. The van der Waals surface area contributed by atoms with E-state index < -0.39 is 35.3 Å². The highest BCUT2D eigenvalue weighted by Crippen LogP contribution is 2.33. The van der Waals surface area contributed by atoms with Crippen LogP contribution in [0.2, 0.25) is 0 Å². The summed E-state index contributed by atoms with van der Waals surface area (Å²) in [5, 5.41) is 8.16. The van der Waals surface area contributed by atoms with Crippen molar-refractivity contribution in [2.75, 3.05) is 6.54 Å². The third-order valence-corrected chi connectivity index (χ3v) is 6.52. The minimum absolute atomic E-state index is 0.168. The zero-order valence-electron chi connectivity index (χ0n) is 17.9. The maximum atomic E-state index is 13.1. The van der Waals surface area contributed by atoms with Crippen molar-refractivity contribution >= 4 is 29.2 Å². The quantitative estimate of drug-likeness (QED) is 0.476. The third-order valence-electron chi connectivity index (χ3n) is 5.28. The van der Waals surface area contributed by atoms with Crippen LogP contribution in [-0.4, -0.2) is 34.4 Å². The predicted octanol–water partition coefficient (Wildman–Crippen LogP) is 3.31. The fourth-order valence-electron chi connectivity index (χ4n) is 3.75. The van der Waals surface area contributed by atoms with Crippen molar-refractivity contribution in [3.8, 4) is 11.1 Å². The van der Waals surface area contributed by atoms with Gasteiger partial charge in [-0.15, -0.1) is 11.3 Å². The van der Waals surface area contributed by atoms with Crippen LogP contribution < -0.4 is 16.0 Å². The molecule has 1 atom stereocenters. The Morgan fingerprint density at radius 3 is 2.44 bits per heavy atom. The number of nitrogens with zero attached hydrogens (tertiary/aromatic N) is 2. The van der Waals surface area contributed by atoms with Crippen LogP contribution >= 0.6 is 11.3 Å². The number of urea groups is 1. The fourth-order valence-corrected chi connectivity index (χ4v) is 4.81. The van der Waals surface area contributed by atoms with E-state index in [-0.39, 0.29) is 12.1 Å². The van der Waals surface area contributed by atoms with E-state index in [1.165, 1.54) is 23.5 Å². The highest BCUT2D eigenvalue weighted by atomic mass is 32.1. The lowest BCUT2D eigenvalue weighted by molar-refractivity contribution is -0.141. The number of nitrogens with one attached hydrogen (secondary N) is 3. The summed E-state index contributed by atoms with van der Waals surface area (Å²) >= 11 is 1.23. The van der Waals surface area contributed by atoms with Crippen molar-refractivity contribution in [3.63, 3.8) is 0 Å². The van der Waals surface area contributed by atoms with Gasteiger partial charge in [0, 0.05) is 17.3 Å². The zero-order chi connectivity index (χ0) is 24.7. The first kappa shape index (κ1) is 23.4. The number of thiazole rings is 1. The van der Waals surface area contributed by atoms with Crippen LogP contribution in [0.25, 0.3) is 11.1 Å². The van der Waals surface area contributed by atoms with Gasteiger partial charge in [0.05, 0.1) is 22.1 Å². The van der Waals surface area contributed by atoms with Gasteiger partial charge in [-0.05, 0) is 31.5 Å². The molecule has 1 aliphatic heterocycles. The van der Waals surface area contributed by atoms with Crippen LogP contribution in [0.3, 0.4) is 0 Å². The first-order valence-electron chi connectivity index (χ1n) is 10.0. The van der Waals surface area contributed by atoms with Crippen molar-refractivity contribution in [1.82, 2.24) is 25.9 Å². The average molecular weight is 489 g/mol. The Morgan fingerprint density at radius 2 is 1.88 bits per heavy atom. The number of hydrogen-bond acceptors (Lipinski definition) is 6. The Hall–Kier alpha value is -3.80. The summed E-state index contributed by atoms with van der Waals surface area (Å²) < 4.78 is 38.6. The van der Waals surface area contributed by atoms with Gasteiger partial charge in [0.1, 0.15) is 5.69 Å². The molecule has 1 aliphatic rings. The van der Waals surface area contributed by atoms with E-state index >= 15 is 0 Å². The van der Waals surface area contributed by atoms with Crippen molar-refractivity contribution in [2.45, 2.75) is 25.6 Å². The van der Waals surface area contributed by atoms with E-state index in [2.05, 4.69) is 25.9 Å². The van der Waals surface area contributed by atoms with Crippen LogP contribution in [0.1, 0.15) is 31.6 Å². The Morgan fingerprint density at radius 1 is 1.15 bits per heavy atom. The second-order valence-electron chi connectivity index (χ2n) is 7.62. The molecule has 2 aromatic heterocycles. The minimum atomic E-state index is -4.58. The number of aryl methyl sites for hydroxylation is 2. The number of pyridine rings is 1. The van der Waals surface area contributed by atoms with E-state index in [0.717, 1.165) is 12.3 Å². The van der Waals surface area contributed by atoms with E-state index in [9.17, 15) is 27.6 Å². The normalized spacial score (nSPS) is 17.9. The molecule has 1 fully saturated rings. The lowest BCUT2D eigenvalue weighted by Gasteiger charge is -2.26. The van der Waals surface area contributed by atoms with Crippen LogP contribution in [0.5, 0.6) is 0 Å². The summed E-state index contributed by atoms with van der Waals surface area (Å²) in [6.45, 7) is 3.20. The topological polar surface area (TPSA) is 113 Å². The van der Waals surface area contributed by atoms with Crippen molar-refractivity contribution in [3.05, 3.63) is 69.4 Å². The highest BCUT2D eigenvalue weighted by Gasteiger charge is 2.50. The van der Waals surface area contributed by atoms with Crippen LogP contribution in [0.4, 0.5) is 18.0 Å². The molecule has 4 amide bonds. The minimum Gasteiger partial charge on any atom is -0.349 e. The molecule has 3 heterocycles. The SMILES string of the molecule is Cc1nc(C)c([C@]2(CNC(=O)c3ccccc3-c3ccc(C(F)(F)F)nc3)NC(=O)NC2=O)s1. The third kappa shape index (κ3) is 4.23. The van der Waals surface area contributed by atoms with Gasteiger partial charge in [-0.1, -0.05) is 24.3 Å². The second-order valence-corrected chi connectivity index (χ2v) is 8.82. The first-order valence-corrected chi connectivity index (χ1v) is 10.8. The van der Waals surface area contributed by atoms with Crippen molar-refractivity contribution < 1.29 is 27.6 Å². The van der Waals surface area contributed by atoms with E-state index in [1.54, 1.807) is 32.0 Å². The second kappa shape index (κ2) is 8.52. The first-order chi connectivity index (χ1) is 16.0. The molecule has 0 saturated carbocycles. The van der Waals surface area contributed by atoms with Gasteiger partial charge in [-0.2, -0.15) is 13.2 Å². The predicted molar refractivity (Wildman–Crippen MR) is 117 cm³/mol. The molecule has 176 valence electrons. The van der Waals surface area contributed by atoms with Crippen LogP contribution in [-0.2, 0) is 16.5 Å². The van der Waals surface area contributed by atoms with Gasteiger partial charge < -0.3 is 10.6 Å². The number of rotatable bonds is 5. The standard InChI is InChI=1S/C22H18F3N5O3S/c1-11-17(34-12(2)28-11)21(19(32)29-20(33)30-21)10-27-18(31)15-6-4-3-5-14(15)13-7-8-16(26-9-13)22(23,24)25/h3-9H,10H2,1-2H3,(H,27,31)(H2,29,30,32,33)/t21-/m0/s1. The molecule has 0 unspecified atom stereocenters. The summed E-state index contributed by atoms with van der Waals surface area (Å²) in [6.07, 6.45) is -3.53. The molecular weight excluding hydrogens is 471 g/mol. The lowest BCUT2D eigenvalue weighted by Crippen LogP contribution is -2.52. The molecule has 3 aromatic rings. The molecule has 0 radical (unpaired) electrons. The molecule has 4 rings (SSSR count). The van der Waals surface area contributed by atoms with Gasteiger partial charge in [0.15, 0.2) is 5.54 Å². The van der Waals surface area contributed by atoms with E-state index in [0.29, 0.717) is 26.7 Å². The number of carbonyl (C=O) groups is 3. The molecule has 8 nitrogen and oxygen atoms in total. The number of aromatic nitrogens is 2. The summed E-state index contributed by atoms with van der Waals surface area (Å²) in [4.78, 5) is 46.1. The molecule has 0 spiro atoms.